The second-order valence-electron chi connectivity index (χ2n) is 4.80. The molecule has 0 aliphatic heterocycles. The summed E-state index contributed by atoms with van der Waals surface area (Å²) in [5.74, 6) is 2.98. The average molecular weight is 314 g/mol. The van der Waals surface area contributed by atoms with Gasteiger partial charge in [0.05, 0.1) is 14.2 Å². The third-order valence-corrected chi connectivity index (χ3v) is 3.53. The van der Waals surface area contributed by atoms with Crippen LogP contribution in [0.5, 0.6) is 23.0 Å². The minimum Gasteiger partial charge on any atom is -0.496 e. The van der Waals surface area contributed by atoms with E-state index in [0.29, 0.717) is 11.5 Å². The number of benzene rings is 2. The molecule has 2 aromatic carbocycles. The molecule has 2 rings (SSSR count). The van der Waals surface area contributed by atoms with Gasteiger partial charge in [-0.2, -0.15) is 0 Å². The molecule has 0 atom stereocenters. The van der Waals surface area contributed by atoms with E-state index >= 15 is 0 Å². The molecule has 0 aliphatic carbocycles. The van der Waals surface area contributed by atoms with Crippen molar-refractivity contribution in [3.63, 3.8) is 0 Å². The Morgan fingerprint density at radius 2 is 1.70 bits per heavy atom. The van der Waals surface area contributed by atoms with Crippen molar-refractivity contribution in [3.8, 4) is 23.0 Å². The zero-order chi connectivity index (χ0) is 16.7. The molecule has 0 aliphatic rings. The highest BCUT2D eigenvalue weighted by Crippen LogP contribution is 2.29. The van der Waals surface area contributed by atoms with E-state index in [1.165, 1.54) is 0 Å². The summed E-state index contributed by atoms with van der Waals surface area (Å²) < 4.78 is 22.0. The van der Waals surface area contributed by atoms with Gasteiger partial charge in [0.15, 0.2) is 0 Å². The van der Waals surface area contributed by atoms with Crippen molar-refractivity contribution in [2.45, 2.75) is 13.3 Å². The standard InChI is InChI=1S/C19H22O4/c1-5-14-10-11-15(12-19(14)21-4)22-13-23-18-9-7-8-17(20-3)16(18)6-2/h5,7-12H,1,6,13H2,2-4H3. The van der Waals surface area contributed by atoms with Crippen LogP contribution in [-0.4, -0.2) is 21.0 Å². The lowest BCUT2D eigenvalue weighted by Crippen LogP contribution is -2.07. The van der Waals surface area contributed by atoms with Crippen LogP contribution in [0.3, 0.4) is 0 Å². The summed E-state index contributed by atoms with van der Waals surface area (Å²) in [6.45, 7) is 5.92. The van der Waals surface area contributed by atoms with Gasteiger partial charge in [0, 0.05) is 17.2 Å². The van der Waals surface area contributed by atoms with Crippen LogP contribution in [0, 0.1) is 0 Å². The molecule has 0 N–H and O–H groups in total. The minimum atomic E-state index is 0.108. The van der Waals surface area contributed by atoms with E-state index in [1.54, 1.807) is 20.3 Å². The number of ether oxygens (including phenoxy) is 4. The molecule has 0 unspecified atom stereocenters. The lowest BCUT2D eigenvalue weighted by atomic mass is 10.1. The van der Waals surface area contributed by atoms with Crippen LogP contribution < -0.4 is 18.9 Å². The van der Waals surface area contributed by atoms with E-state index in [4.69, 9.17) is 18.9 Å². The first kappa shape index (κ1) is 16.7. The second kappa shape index (κ2) is 8.13. The van der Waals surface area contributed by atoms with E-state index in [1.807, 2.05) is 36.4 Å². The van der Waals surface area contributed by atoms with Gasteiger partial charge in [0.25, 0.3) is 0 Å². The highest BCUT2D eigenvalue weighted by molar-refractivity contribution is 5.57. The minimum absolute atomic E-state index is 0.108. The quantitative estimate of drug-likeness (QED) is 0.680. The van der Waals surface area contributed by atoms with Crippen LogP contribution in [-0.2, 0) is 6.42 Å². The lowest BCUT2D eigenvalue weighted by molar-refractivity contribution is 0.118. The Bertz CT molecular complexity index is 664. The van der Waals surface area contributed by atoms with Crippen molar-refractivity contribution in [1.29, 1.82) is 0 Å². The summed E-state index contributed by atoms with van der Waals surface area (Å²) in [5.41, 5.74) is 1.94. The Hall–Kier alpha value is -2.62. The first-order chi connectivity index (χ1) is 11.2. The average Bonchev–Trinajstić information content (AvgIpc) is 2.61. The first-order valence-electron chi connectivity index (χ1n) is 7.45. The van der Waals surface area contributed by atoms with E-state index in [0.717, 1.165) is 29.0 Å². The summed E-state index contributed by atoms with van der Waals surface area (Å²) in [4.78, 5) is 0. The molecule has 0 aromatic heterocycles. The molecule has 0 saturated heterocycles. The summed E-state index contributed by atoms with van der Waals surface area (Å²) in [6, 6.07) is 11.3. The van der Waals surface area contributed by atoms with Crippen LogP contribution in [0.1, 0.15) is 18.1 Å². The maximum absolute atomic E-state index is 5.74. The molecule has 0 saturated carbocycles. The summed E-state index contributed by atoms with van der Waals surface area (Å²) >= 11 is 0. The topological polar surface area (TPSA) is 36.9 Å². The Kier molecular flexibility index (Phi) is 5.92. The van der Waals surface area contributed by atoms with Crippen molar-refractivity contribution in [1.82, 2.24) is 0 Å². The number of methoxy groups -OCH3 is 2. The SMILES string of the molecule is C=Cc1ccc(OCOc2cccc(OC)c2CC)cc1OC. The first-order valence-corrected chi connectivity index (χ1v) is 7.45. The maximum atomic E-state index is 5.74. The van der Waals surface area contributed by atoms with Crippen LogP contribution in [0.4, 0.5) is 0 Å². The third kappa shape index (κ3) is 3.97. The molecule has 4 nitrogen and oxygen atoms in total. The zero-order valence-corrected chi connectivity index (χ0v) is 13.8. The molecule has 0 bridgehead atoms. The van der Waals surface area contributed by atoms with Gasteiger partial charge >= 0.3 is 0 Å². The van der Waals surface area contributed by atoms with Crippen LogP contribution in [0.2, 0.25) is 0 Å². The molecule has 2 aromatic rings. The van der Waals surface area contributed by atoms with Gasteiger partial charge in [-0.1, -0.05) is 25.6 Å². The van der Waals surface area contributed by atoms with Gasteiger partial charge in [-0.3, -0.25) is 0 Å². The number of hydrogen-bond acceptors (Lipinski definition) is 4. The predicted octanol–water partition coefficient (Wildman–Crippen LogP) is 4.32. The molecule has 0 amide bonds. The zero-order valence-electron chi connectivity index (χ0n) is 13.8. The Morgan fingerprint density at radius 1 is 0.957 bits per heavy atom. The molecule has 23 heavy (non-hydrogen) atoms. The fraction of sp³-hybridized carbons (Fsp3) is 0.263. The number of hydrogen-bond donors (Lipinski definition) is 0. The van der Waals surface area contributed by atoms with Crippen molar-refractivity contribution >= 4 is 6.08 Å². The Labute approximate surface area is 137 Å². The monoisotopic (exact) mass is 314 g/mol. The fourth-order valence-electron chi connectivity index (χ4n) is 2.33. The van der Waals surface area contributed by atoms with Gasteiger partial charge in [-0.15, -0.1) is 0 Å². The van der Waals surface area contributed by atoms with Crippen molar-refractivity contribution < 1.29 is 18.9 Å². The van der Waals surface area contributed by atoms with E-state index < -0.39 is 0 Å². The van der Waals surface area contributed by atoms with Crippen LogP contribution >= 0.6 is 0 Å². The predicted molar refractivity (Wildman–Crippen MR) is 91.6 cm³/mol. The second-order valence-corrected chi connectivity index (χ2v) is 4.80. The van der Waals surface area contributed by atoms with Gasteiger partial charge in [0.1, 0.15) is 23.0 Å². The van der Waals surface area contributed by atoms with Crippen LogP contribution in [0.25, 0.3) is 6.08 Å². The van der Waals surface area contributed by atoms with Crippen molar-refractivity contribution in [2.75, 3.05) is 21.0 Å². The van der Waals surface area contributed by atoms with E-state index in [2.05, 4.69) is 13.5 Å². The van der Waals surface area contributed by atoms with E-state index in [9.17, 15) is 0 Å². The van der Waals surface area contributed by atoms with Gasteiger partial charge in [-0.05, 0) is 30.7 Å². The smallest absolute Gasteiger partial charge is 0.230 e. The van der Waals surface area contributed by atoms with Crippen molar-refractivity contribution in [3.05, 3.63) is 54.1 Å². The maximum Gasteiger partial charge on any atom is 0.230 e. The Balaban J connectivity index is 2.04. The van der Waals surface area contributed by atoms with Gasteiger partial charge in [0.2, 0.25) is 6.79 Å². The summed E-state index contributed by atoms with van der Waals surface area (Å²) in [6.07, 6.45) is 2.56. The number of rotatable bonds is 8. The normalized spacial score (nSPS) is 10.0. The molecule has 122 valence electrons. The fourth-order valence-corrected chi connectivity index (χ4v) is 2.33. The largest absolute Gasteiger partial charge is 0.496 e. The van der Waals surface area contributed by atoms with Crippen molar-refractivity contribution in [2.24, 2.45) is 0 Å². The molecule has 0 radical (unpaired) electrons. The highest BCUT2D eigenvalue weighted by atomic mass is 16.7. The molecule has 0 heterocycles. The Morgan fingerprint density at radius 3 is 2.35 bits per heavy atom. The molecule has 0 fully saturated rings. The lowest BCUT2D eigenvalue weighted by Gasteiger charge is -2.14. The van der Waals surface area contributed by atoms with Gasteiger partial charge in [-0.25, -0.2) is 0 Å². The molecule has 0 spiro atoms. The summed E-state index contributed by atoms with van der Waals surface area (Å²) in [5, 5.41) is 0. The molecular formula is C19H22O4. The van der Waals surface area contributed by atoms with Crippen LogP contribution in [0.15, 0.2) is 43.0 Å². The highest BCUT2D eigenvalue weighted by Gasteiger charge is 2.08. The summed E-state index contributed by atoms with van der Waals surface area (Å²) in [7, 11) is 3.27. The third-order valence-electron chi connectivity index (χ3n) is 3.53. The van der Waals surface area contributed by atoms with Gasteiger partial charge < -0.3 is 18.9 Å². The molecular weight excluding hydrogens is 292 g/mol. The molecule has 4 heteroatoms. The van der Waals surface area contributed by atoms with E-state index in [-0.39, 0.29) is 6.79 Å².